The summed E-state index contributed by atoms with van der Waals surface area (Å²) in [5.41, 5.74) is 12.2. The number of aliphatic hydroxyl groups excluding tert-OH is 2. The smallest absolute Gasteiger partial charge is 0.326 e. The molecule has 0 fully saturated rings. The molecule has 73 heavy (non-hydrogen) atoms. The lowest BCUT2D eigenvalue weighted by molar-refractivity contribution is -0.142. The Morgan fingerprint density at radius 1 is 0.575 bits per heavy atom. The minimum atomic E-state index is -1.78. The topological polar surface area (TPSA) is 440 Å². The molecule has 0 bridgehead atoms. The first-order chi connectivity index (χ1) is 34.6. The van der Waals surface area contributed by atoms with Crippen molar-refractivity contribution in [2.24, 2.45) is 17.4 Å². The van der Waals surface area contributed by atoms with E-state index >= 15 is 0 Å². The molecule has 0 radical (unpaired) electrons. The Bertz CT molecular complexity index is 2280. The van der Waals surface area contributed by atoms with Crippen molar-refractivity contribution in [1.29, 1.82) is 0 Å². The largest absolute Gasteiger partial charge is 0.508 e. The normalized spacial score (nSPS) is 15.7. The Labute approximate surface area is 421 Å². The highest BCUT2D eigenvalue weighted by molar-refractivity contribution is 5.98. The van der Waals surface area contributed by atoms with Gasteiger partial charge in [0.05, 0.1) is 31.4 Å². The summed E-state index contributed by atoms with van der Waals surface area (Å²) in [6.45, 7) is 6.85. The van der Waals surface area contributed by atoms with Gasteiger partial charge in [-0.05, 0) is 70.2 Å². The SMILES string of the molecule is CC[C@H](C)[C@H](NC(=O)[C@H](Cc1cnc[nH]1)NC(=O)[C@@H](NC(=O)[C@H](Cc1ccc(O)cc1)NC(=O)[C@H](Cc1cnc[nH]1)NC(=O)CN)[C@@H](C)O)C(=O)N[C@H](C(=O)N[C@@H](C)C(=O)N[C@@H](CCCCN)C(=O)O)[C@@H](C)O. The van der Waals surface area contributed by atoms with Gasteiger partial charge in [-0.1, -0.05) is 32.4 Å². The average Bonchev–Trinajstić information content (AvgIpc) is 4.08. The summed E-state index contributed by atoms with van der Waals surface area (Å²) in [6.07, 6.45) is 3.01. The standard InChI is InChI=1S/C46H70N14O13/c1-6-23(2)36(43(69)60-37(25(4)61)44(70)53-24(3)39(65)55-31(46(72)73)9-7-8-14-47)58-42(68)34(17-29-20-50-22-52-29)57-45(71)38(26(5)62)59-41(67)32(15-27-10-12-30(63)13-11-27)56-40(66)33(54-35(64)18-48)16-28-19-49-21-51-28/h10-13,19-26,31-34,36-38,61-63H,6-9,14-18,47-48H2,1-5H3,(H,49,51)(H,50,52)(H,53,70)(H,54,64)(H,55,65)(H,56,66)(H,57,71)(H,58,68)(H,59,67)(H,60,69)(H,72,73)/t23-,24-,25+,26+,31-,32-,33-,34-,36-,37-,38-/m0/s1. The number of nitrogens with one attached hydrogen (secondary N) is 10. The molecule has 11 atom stereocenters. The van der Waals surface area contributed by atoms with Crippen molar-refractivity contribution < 1.29 is 63.6 Å². The molecule has 0 saturated carbocycles. The fourth-order valence-corrected chi connectivity index (χ4v) is 7.19. The van der Waals surface area contributed by atoms with Crippen LogP contribution in [0.25, 0.3) is 0 Å². The Hall–Kier alpha value is -7.49. The minimum Gasteiger partial charge on any atom is -0.508 e. The highest BCUT2D eigenvalue weighted by Gasteiger charge is 2.38. The van der Waals surface area contributed by atoms with Crippen molar-refractivity contribution in [3.8, 4) is 5.75 Å². The number of carboxylic acid groups (broad SMARTS) is 1. The number of nitrogens with two attached hydrogens (primary N) is 2. The molecule has 2 aromatic heterocycles. The van der Waals surface area contributed by atoms with Crippen LogP contribution in [0.15, 0.2) is 49.3 Å². The maximum Gasteiger partial charge on any atom is 0.326 e. The molecule has 27 heteroatoms. The molecule has 3 rings (SSSR count). The van der Waals surface area contributed by atoms with Gasteiger partial charge in [0, 0.05) is 43.0 Å². The third kappa shape index (κ3) is 19.6. The maximum atomic E-state index is 14.3. The number of aliphatic carboxylic acids is 1. The van der Waals surface area contributed by atoms with Gasteiger partial charge in [-0.2, -0.15) is 0 Å². The number of amides is 8. The van der Waals surface area contributed by atoms with Gasteiger partial charge in [0.1, 0.15) is 54.1 Å². The molecular formula is C46H70N14O13. The van der Waals surface area contributed by atoms with Gasteiger partial charge in [0.15, 0.2) is 0 Å². The Kier molecular flexibility index (Phi) is 24.4. The number of carboxylic acids is 1. The number of aromatic hydroxyl groups is 1. The van der Waals surface area contributed by atoms with Crippen LogP contribution < -0.4 is 54.0 Å². The van der Waals surface area contributed by atoms with E-state index in [0.717, 1.165) is 0 Å². The molecule has 0 unspecified atom stereocenters. The lowest BCUT2D eigenvalue weighted by Crippen LogP contribution is -2.63. The van der Waals surface area contributed by atoms with Crippen LogP contribution in [-0.4, -0.2) is 167 Å². The molecule has 0 aliphatic carbocycles. The number of carbonyl (C=O) groups excluding carboxylic acids is 8. The molecule has 402 valence electrons. The number of nitrogens with zero attached hydrogens (tertiary/aromatic N) is 2. The zero-order chi connectivity index (χ0) is 54.4. The first-order valence-electron chi connectivity index (χ1n) is 23.7. The van der Waals surface area contributed by atoms with Gasteiger partial charge >= 0.3 is 5.97 Å². The van der Waals surface area contributed by atoms with Crippen LogP contribution in [0.2, 0.25) is 0 Å². The number of carbonyl (C=O) groups is 9. The summed E-state index contributed by atoms with van der Waals surface area (Å²) in [7, 11) is 0. The van der Waals surface area contributed by atoms with Crippen molar-refractivity contribution in [2.75, 3.05) is 13.1 Å². The second-order valence-corrected chi connectivity index (χ2v) is 17.6. The number of hydrogen-bond donors (Lipinski definition) is 16. The fraction of sp³-hybridized carbons (Fsp3) is 0.543. The van der Waals surface area contributed by atoms with Crippen LogP contribution in [0.1, 0.15) is 77.3 Å². The van der Waals surface area contributed by atoms with E-state index in [1.807, 2.05) is 0 Å². The van der Waals surface area contributed by atoms with Gasteiger partial charge in [-0.15, -0.1) is 0 Å². The zero-order valence-corrected chi connectivity index (χ0v) is 41.3. The molecule has 1 aromatic carbocycles. The van der Waals surface area contributed by atoms with Gasteiger partial charge in [-0.25, -0.2) is 14.8 Å². The van der Waals surface area contributed by atoms with E-state index in [-0.39, 0.29) is 37.9 Å². The molecule has 0 aliphatic rings. The number of aromatic amines is 2. The molecule has 2 heterocycles. The predicted octanol–water partition coefficient (Wildman–Crippen LogP) is -4.26. The number of aromatic nitrogens is 4. The second kappa shape index (κ2) is 29.8. The van der Waals surface area contributed by atoms with E-state index in [1.54, 1.807) is 13.8 Å². The number of phenolic OH excluding ortho intramolecular Hbond substituents is 1. The van der Waals surface area contributed by atoms with Crippen molar-refractivity contribution in [3.63, 3.8) is 0 Å². The number of rotatable bonds is 31. The molecule has 0 aliphatic heterocycles. The number of hydrogen-bond acceptors (Lipinski definition) is 16. The highest BCUT2D eigenvalue weighted by Crippen LogP contribution is 2.14. The number of aliphatic hydroxyl groups is 2. The minimum absolute atomic E-state index is 0.0812. The second-order valence-electron chi connectivity index (χ2n) is 17.6. The summed E-state index contributed by atoms with van der Waals surface area (Å²) in [6, 6.07) is -6.08. The Morgan fingerprint density at radius 2 is 1.03 bits per heavy atom. The number of unbranched alkanes of at least 4 members (excludes halogenated alkanes) is 1. The summed E-state index contributed by atoms with van der Waals surface area (Å²) in [5.74, 6) is -9.34. The zero-order valence-electron chi connectivity index (χ0n) is 41.3. The first kappa shape index (κ1) is 59.8. The van der Waals surface area contributed by atoms with Gasteiger partial charge in [0.25, 0.3) is 0 Å². The molecule has 8 amide bonds. The van der Waals surface area contributed by atoms with E-state index < -0.39 is 126 Å². The predicted molar refractivity (Wildman–Crippen MR) is 260 cm³/mol. The van der Waals surface area contributed by atoms with Crippen molar-refractivity contribution in [3.05, 3.63) is 66.3 Å². The molecule has 0 saturated heterocycles. The third-order valence-electron chi connectivity index (χ3n) is 11.7. The molecule has 0 spiro atoms. The number of phenols is 1. The fourth-order valence-electron chi connectivity index (χ4n) is 7.19. The van der Waals surface area contributed by atoms with E-state index in [2.05, 4.69) is 62.5 Å². The molecule has 27 nitrogen and oxygen atoms in total. The third-order valence-corrected chi connectivity index (χ3v) is 11.7. The number of H-pyrrole nitrogens is 2. The van der Waals surface area contributed by atoms with Gasteiger partial charge in [0.2, 0.25) is 47.3 Å². The maximum absolute atomic E-state index is 14.3. The quantitative estimate of drug-likeness (QED) is 0.0271. The van der Waals surface area contributed by atoms with Crippen molar-refractivity contribution in [2.45, 2.75) is 140 Å². The molecular weight excluding hydrogens is 957 g/mol. The van der Waals surface area contributed by atoms with Crippen molar-refractivity contribution >= 4 is 53.2 Å². The van der Waals surface area contributed by atoms with Crippen molar-refractivity contribution in [1.82, 2.24) is 62.5 Å². The number of benzene rings is 1. The van der Waals surface area contributed by atoms with Gasteiger partial charge in [-0.3, -0.25) is 38.4 Å². The van der Waals surface area contributed by atoms with Gasteiger partial charge < -0.3 is 84.4 Å². The monoisotopic (exact) mass is 1030 g/mol. The Balaban J connectivity index is 1.86. The molecule has 3 aromatic rings. The summed E-state index contributed by atoms with van der Waals surface area (Å²) in [4.78, 5) is 134. The summed E-state index contributed by atoms with van der Waals surface area (Å²) >= 11 is 0. The number of imidazole rings is 2. The first-order valence-corrected chi connectivity index (χ1v) is 23.7. The van der Waals surface area contributed by atoms with E-state index in [1.165, 1.54) is 70.1 Å². The summed E-state index contributed by atoms with van der Waals surface area (Å²) < 4.78 is 0. The highest BCUT2D eigenvalue weighted by atomic mass is 16.4. The Morgan fingerprint density at radius 3 is 1.51 bits per heavy atom. The van der Waals surface area contributed by atoms with Crippen LogP contribution in [-0.2, 0) is 62.4 Å². The van der Waals surface area contributed by atoms with Crippen LogP contribution >= 0.6 is 0 Å². The van der Waals surface area contributed by atoms with E-state index in [9.17, 15) is 63.6 Å². The lowest BCUT2D eigenvalue weighted by Gasteiger charge is -2.30. The summed E-state index contributed by atoms with van der Waals surface area (Å²) in [5, 5.41) is 60.8. The lowest BCUT2D eigenvalue weighted by atomic mass is 9.96. The van der Waals surface area contributed by atoms with Crippen LogP contribution in [0.5, 0.6) is 5.75 Å². The van der Waals surface area contributed by atoms with E-state index in [0.29, 0.717) is 36.3 Å². The van der Waals surface area contributed by atoms with E-state index in [4.69, 9.17) is 11.5 Å². The average molecular weight is 1030 g/mol. The van der Waals surface area contributed by atoms with Crippen LogP contribution in [0, 0.1) is 5.92 Å². The van der Waals surface area contributed by atoms with Crippen LogP contribution in [0.4, 0.5) is 0 Å². The van der Waals surface area contributed by atoms with Crippen LogP contribution in [0.3, 0.4) is 0 Å². The molecule has 18 N–H and O–H groups in total.